The van der Waals surface area contributed by atoms with E-state index in [1.165, 1.54) is 4.57 Å². The number of aryl methyl sites for hydroxylation is 1. The highest BCUT2D eigenvalue weighted by molar-refractivity contribution is 5.88. The first kappa shape index (κ1) is 22.6. The lowest BCUT2D eigenvalue weighted by molar-refractivity contribution is -0.00909. The first-order valence-corrected chi connectivity index (χ1v) is 10.9. The van der Waals surface area contributed by atoms with Crippen molar-refractivity contribution in [3.05, 3.63) is 52.6 Å². The van der Waals surface area contributed by atoms with Crippen LogP contribution in [-0.4, -0.2) is 53.0 Å². The van der Waals surface area contributed by atoms with Gasteiger partial charge in [0.25, 0.3) is 5.56 Å². The molecule has 3 aromatic rings. The summed E-state index contributed by atoms with van der Waals surface area (Å²) in [6.45, 7) is 5.07. The molecule has 1 aliphatic rings. The van der Waals surface area contributed by atoms with Crippen LogP contribution in [0.25, 0.3) is 11.0 Å². The van der Waals surface area contributed by atoms with Crippen LogP contribution < -0.4 is 19.9 Å². The molecule has 1 fully saturated rings. The number of nitriles is 1. The zero-order chi connectivity index (χ0) is 23.5. The highest BCUT2D eigenvalue weighted by Gasteiger charge is 2.32. The van der Waals surface area contributed by atoms with Gasteiger partial charge < -0.3 is 23.7 Å². The molecule has 2 unspecified atom stereocenters. The molecule has 9 heteroatoms. The van der Waals surface area contributed by atoms with Crippen LogP contribution in [0.1, 0.15) is 26.0 Å². The summed E-state index contributed by atoms with van der Waals surface area (Å²) in [7, 11) is 3.34. The van der Waals surface area contributed by atoms with E-state index in [-0.39, 0.29) is 23.9 Å². The molecule has 0 aliphatic carbocycles. The van der Waals surface area contributed by atoms with E-state index in [4.69, 9.17) is 14.2 Å². The van der Waals surface area contributed by atoms with Crippen LogP contribution in [-0.2, 0) is 11.8 Å². The molecule has 4 rings (SSSR count). The largest absolute Gasteiger partial charge is 0.489 e. The van der Waals surface area contributed by atoms with Gasteiger partial charge in [-0.1, -0.05) is 0 Å². The molecule has 2 atom stereocenters. The van der Waals surface area contributed by atoms with E-state index in [0.717, 1.165) is 0 Å². The highest BCUT2D eigenvalue weighted by Crippen LogP contribution is 2.29. The van der Waals surface area contributed by atoms with E-state index in [9.17, 15) is 10.1 Å². The minimum Gasteiger partial charge on any atom is -0.489 e. The molecule has 0 N–H and O–H groups in total. The van der Waals surface area contributed by atoms with E-state index in [1.807, 2.05) is 19.9 Å². The third kappa shape index (κ3) is 4.76. The second-order valence-corrected chi connectivity index (χ2v) is 8.27. The third-order valence-electron chi connectivity index (χ3n) is 5.68. The summed E-state index contributed by atoms with van der Waals surface area (Å²) in [4.78, 5) is 23.5. The topological polar surface area (TPSA) is 103 Å². The van der Waals surface area contributed by atoms with Gasteiger partial charge >= 0.3 is 0 Å². The van der Waals surface area contributed by atoms with Crippen molar-refractivity contribution in [1.82, 2.24) is 14.5 Å². The first-order valence-electron chi connectivity index (χ1n) is 10.9. The lowest BCUT2D eigenvalue weighted by atomic mass is 10.0. The van der Waals surface area contributed by atoms with Gasteiger partial charge in [0.1, 0.15) is 35.2 Å². The quantitative estimate of drug-likeness (QED) is 0.566. The van der Waals surface area contributed by atoms with Gasteiger partial charge in [-0.2, -0.15) is 5.26 Å². The van der Waals surface area contributed by atoms with Crippen molar-refractivity contribution in [2.24, 2.45) is 7.05 Å². The molecule has 33 heavy (non-hydrogen) atoms. The Hall–Kier alpha value is -3.64. The van der Waals surface area contributed by atoms with Crippen LogP contribution in [0.5, 0.6) is 11.6 Å². The van der Waals surface area contributed by atoms with Crippen LogP contribution in [0.3, 0.4) is 0 Å². The van der Waals surface area contributed by atoms with Gasteiger partial charge in [0.05, 0.1) is 23.5 Å². The van der Waals surface area contributed by atoms with Crippen molar-refractivity contribution in [3.63, 3.8) is 0 Å². The third-order valence-corrected chi connectivity index (χ3v) is 5.68. The molecule has 1 aliphatic heterocycles. The molecule has 9 nitrogen and oxygen atoms in total. The maximum Gasteiger partial charge on any atom is 0.252 e. The maximum absolute atomic E-state index is 12.6. The van der Waals surface area contributed by atoms with Gasteiger partial charge in [0.15, 0.2) is 0 Å². The van der Waals surface area contributed by atoms with Crippen LogP contribution >= 0.6 is 0 Å². The summed E-state index contributed by atoms with van der Waals surface area (Å²) in [5, 5.41) is 9.29. The van der Waals surface area contributed by atoms with Crippen molar-refractivity contribution in [2.45, 2.75) is 38.6 Å². The lowest BCUT2D eigenvalue weighted by Crippen LogP contribution is -2.50. The average Bonchev–Trinajstić information content (AvgIpc) is 2.82. The number of methoxy groups -OCH3 is 1. The Morgan fingerprint density at radius 1 is 1.21 bits per heavy atom. The summed E-state index contributed by atoms with van der Waals surface area (Å²) in [5.41, 5.74) is 2.16. The van der Waals surface area contributed by atoms with Gasteiger partial charge in [-0.05, 0) is 32.0 Å². The number of pyridine rings is 3. The maximum atomic E-state index is 12.6. The molecule has 1 saturated heterocycles. The fraction of sp³-hybridized carbons (Fsp3) is 0.417. The molecule has 0 amide bonds. The number of hydrogen-bond acceptors (Lipinski definition) is 8. The van der Waals surface area contributed by atoms with Crippen molar-refractivity contribution < 1.29 is 14.2 Å². The Bertz CT molecular complexity index is 1230. The number of hydrogen-bond donors (Lipinski definition) is 0. The number of nitrogens with zero attached hydrogens (tertiary/aromatic N) is 5. The fourth-order valence-corrected chi connectivity index (χ4v) is 4.02. The van der Waals surface area contributed by atoms with Crippen LogP contribution in [0.2, 0.25) is 0 Å². The zero-order valence-electron chi connectivity index (χ0n) is 19.2. The number of piperidine rings is 1. The Morgan fingerprint density at radius 3 is 2.70 bits per heavy atom. The van der Waals surface area contributed by atoms with E-state index < -0.39 is 0 Å². The fourth-order valence-electron chi connectivity index (χ4n) is 4.02. The molecule has 0 aromatic carbocycles. The smallest absolute Gasteiger partial charge is 0.252 e. The van der Waals surface area contributed by atoms with Gasteiger partial charge in [0.2, 0.25) is 5.88 Å². The van der Waals surface area contributed by atoms with E-state index in [2.05, 4.69) is 20.9 Å². The zero-order valence-corrected chi connectivity index (χ0v) is 19.2. The molecule has 0 saturated carbocycles. The van der Waals surface area contributed by atoms with Crippen LogP contribution in [0.4, 0.5) is 5.69 Å². The summed E-state index contributed by atoms with van der Waals surface area (Å²) < 4.78 is 19.0. The Kier molecular flexibility index (Phi) is 6.47. The predicted octanol–water partition coefficient (Wildman–Crippen LogP) is 2.66. The van der Waals surface area contributed by atoms with Gasteiger partial charge in [-0.3, -0.25) is 4.79 Å². The summed E-state index contributed by atoms with van der Waals surface area (Å²) in [5.74, 6) is 1.20. The van der Waals surface area contributed by atoms with Crippen molar-refractivity contribution in [1.29, 1.82) is 5.26 Å². The van der Waals surface area contributed by atoms with Gasteiger partial charge in [0, 0.05) is 45.8 Å². The molecular formula is C24H27N5O4. The summed E-state index contributed by atoms with van der Waals surface area (Å²) in [6, 6.07) is 10.6. The molecule has 0 spiro atoms. The normalized spacial score (nSPS) is 18.4. The van der Waals surface area contributed by atoms with E-state index in [1.54, 1.807) is 44.6 Å². The monoisotopic (exact) mass is 449 g/mol. The Labute approximate surface area is 192 Å². The molecule has 3 aromatic heterocycles. The predicted molar refractivity (Wildman–Crippen MR) is 124 cm³/mol. The van der Waals surface area contributed by atoms with Gasteiger partial charge in [-0.15, -0.1) is 0 Å². The minimum absolute atomic E-state index is 0.0744. The first-order chi connectivity index (χ1) is 15.9. The number of aromatic nitrogens is 3. The number of anilines is 1. The van der Waals surface area contributed by atoms with Crippen LogP contribution in [0, 0.1) is 11.3 Å². The summed E-state index contributed by atoms with van der Waals surface area (Å²) >= 11 is 0. The SMILES string of the molecule is COC1CN(c2cc(=O)n(C)c3ccc(C#N)nc23)CCC1Oc1ccc(OC(C)C)cn1. The van der Waals surface area contributed by atoms with Crippen molar-refractivity contribution >= 4 is 16.7 Å². The average molecular weight is 450 g/mol. The standard InChI is InChI=1S/C24H27N5O4/c1-15(2)32-17-6-8-22(26-13-17)33-20-9-10-29(14-21(20)31-4)19-11-23(30)28(3)18-7-5-16(12-25)27-24(18)19/h5-8,11,13,15,20-21H,9-10,14H2,1-4H3. The molecular weight excluding hydrogens is 422 g/mol. The minimum atomic E-state index is -0.245. The highest BCUT2D eigenvalue weighted by atomic mass is 16.5. The van der Waals surface area contributed by atoms with Crippen molar-refractivity contribution in [2.75, 3.05) is 25.1 Å². The van der Waals surface area contributed by atoms with E-state index in [0.29, 0.717) is 53.6 Å². The van der Waals surface area contributed by atoms with Crippen molar-refractivity contribution in [3.8, 4) is 17.7 Å². The Morgan fingerprint density at radius 2 is 2.03 bits per heavy atom. The summed E-state index contributed by atoms with van der Waals surface area (Å²) in [6.07, 6.45) is 1.95. The second-order valence-electron chi connectivity index (χ2n) is 8.27. The van der Waals surface area contributed by atoms with Gasteiger partial charge in [-0.25, -0.2) is 9.97 Å². The number of ether oxygens (including phenoxy) is 3. The number of fused-ring (bicyclic) bond motifs is 1. The molecule has 172 valence electrons. The molecule has 4 heterocycles. The second kappa shape index (κ2) is 9.46. The Balaban J connectivity index is 1.56. The lowest BCUT2D eigenvalue weighted by Gasteiger charge is -2.38. The molecule has 0 bridgehead atoms. The van der Waals surface area contributed by atoms with E-state index >= 15 is 0 Å². The molecule has 0 radical (unpaired) electrons. The van der Waals surface area contributed by atoms with Crippen LogP contribution in [0.15, 0.2) is 41.3 Å². The number of rotatable bonds is 6.